The average molecular weight is 222 g/mol. The molecule has 0 aromatic rings. The number of rotatable bonds is 6. The summed E-state index contributed by atoms with van der Waals surface area (Å²) in [4.78, 5) is 2.63. The number of nitrogens with zero attached hydrogens (tertiary/aromatic N) is 1. The predicted molar refractivity (Wildman–Crippen MR) is 65.9 cm³/mol. The number of likely N-dealkylation sites (tertiary alicyclic amines) is 1. The Labute approximate surface area is 99.2 Å². The van der Waals surface area contributed by atoms with E-state index in [9.17, 15) is 4.70 Å². The van der Waals surface area contributed by atoms with Crippen LogP contribution in [0.5, 0.6) is 0 Å². The van der Waals surface area contributed by atoms with Crippen LogP contribution in [0.3, 0.4) is 0 Å². The predicted octanol–water partition coefficient (Wildman–Crippen LogP) is 1.24. The Morgan fingerprint density at radius 3 is 2.44 bits per heavy atom. The third kappa shape index (κ3) is 3.14. The molecule has 0 spiro atoms. The summed E-state index contributed by atoms with van der Waals surface area (Å²) in [5.41, 5.74) is 0.486. The van der Waals surface area contributed by atoms with Crippen molar-refractivity contribution in [3.8, 4) is 0 Å². The van der Waals surface area contributed by atoms with Gasteiger partial charge in [-0.2, -0.15) is 0 Å². The molecule has 3 nitrogen and oxygen atoms in total. The van der Waals surface area contributed by atoms with Gasteiger partial charge in [0.05, 0.1) is 0 Å². The molecule has 0 radical (unpaired) electrons. The van der Waals surface area contributed by atoms with Crippen LogP contribution >= 0.6 is 0 Å². The molecule has 0 amide bonds. The zero-order valence-electron chi connectivity index (χ0n) is 10.2. The Bertz CT molecular complexity index is 225. The van der Waals surface area contributed by atoms with E-state index in [1.165, 1.54) is 58.2 Å². The van der Waals surface area contributed by atoms with Crippen molar-refractivity contribution in [3.05, 3.63) is 0 Å². The van der Waals surface area contributed by atoms with Crippen molar-refractivity contribution in [2.45, 2.75) is 38.5 Å². The van der Waals surface area contributed by atoms with E-state index in [4.69, 9.17) is 0 Å². The Morgan fingerprint density at radius 2 is 1.88 bits per heavy atom. The number of nitrogens with one attached hydrogen (secondary N) is 1. The van der Waals surface area contributed by atoms with Gasteiger partial charge >= 0.3 is 98.6 Å². The van der Waals surface area contributed by atoms with E-state index < -0.39 is 0 Å². The van der Waals surface area contributed by atoms with Gasteiger partial charge in [-0.1, -0.05) is 0 Å². The SMILES string of the molecule is O=BCNCC1(CN2CCCCC2)CCC1. The fourth-order valence-electron chi connectivity index (χ4n) is 3.06. The van der Waals surface area contributed by atoms with Crippen molar-refractivity contribution in [2.75, 3.05) is 32.6 Å². The average Bonchev–Trinajstić information content (AvgIpc) is 2.27. The molecular weight excluding hydrogens is 199 g/mol. The molecule has 0 aromatic heterocycles. The van der Waals surface area contributed by atoms with Crippen molar-refractivity contribution < 1.29 is 4.70 Å². The first-order chi connectivity index (χ1) is 7.85. The fourth-order valence-corrected chi connectivity index (χ4v) is 3.06. The Hall–Kier alpha value is -0.215. The Morgan fingerprint density at radius 1 is 1.12 bits per heavy atom. The fraction of sp³-hybridized carbons (Fsp3) is 1.00. The van der Waals surface area contributed by atoms with Crippen LogP contribution in [0.4, 0.5) is 0 Å². The zero-order valence-corrected chi connectivity index (χ0v) is 10.2. The monoisotopic (exact) mass is 222 g/mol. The molecule has 0 aromatic carbocycles. The maximum atomic E-state index is 10.3. The normalized spacial score (nSPS) is 24.8. The summed E-state index contributed by atoms with van der Waals surface area (Å²) in [5.74, 6) is 0. The van der Waals surface area contributed by atoms with E-state index in [0.29, 0.717) is 11.9 Å². The first kappa shape index (κ1) is 12.2. The van der Waals surface area contributed by atoms with Gasteiger partial charge in [0.2, 0.25) is 0 Å². The van der Waals surface area contributed by atoms with Gasteiger partial charge in [-0.3, -0.25) is 0 Å². The van der Waals surface area contributed by atoms with Crippen LogP contribution in [0.2, 0.25) is 0 Å². The molecule has 1 heterocycles. The second-order valence-electron chi connectivity index (χ2n) is 5.49. The van der Waals surface area contributed by atoms with E-state index in [-0.39, 0.29) is 0 Å². The quantitative estimate of drug-likeness (QED) is 0.542. The minimum atomic E-state index is 0.486. The van der Waals surface area contributed by atoms with Crippen LogP contribution in [-0.2, 0) is 4.70 Å². The molecule has 0 unspecified atom stereocenters. The topological polar surface area (TPSA) is 32.3 Å². The molecule has 1 aliphatic carbocycles. The van der Waals surface area contributed by atoms with Gasteiger partial charge in [0.15, 0.2) is 0 Å². The second-order valence-corrected chi connectivity index (χ2v) is 5.49. The van der Waals surface area contributed by atoms with E-state index >= 15 is 0 Å². The van der Waals surface area contributed by atoms with Crippen LogP contribution in [0, 0.1) is 5.41 Å². The molecule has 4 heteroatoms. The molecule has 16 heavy (non-hydrogen) atoms. The molecule has 90 valence electrons. The first-order valence-electron chi connectivity index (χ1n) is 6.71. The van der Waals surface area contributed by atoms with Gasteiger partial charge in [0, 0.05) is 0 Å². The standard InChI is InChI=1S/C12H23BN2O/c16-13-11-14-9-12(5-4-6-12)10-15-7-2-1-3-8-15/h14H,1-11H2. The second kappa shape index (κ2) is 5.92. The molecule has 1 aliphatic heterocycles. The number of hydrogen-bond donors (Lipinski definition) is 1. The van der Waals surface area contributed by atoms with Crippen molar-refractivity contribution >= 4 is 7.15 Å². The molecule has 2 fully saturated rings. The van der Waals surface area contributed by atoms with Gasteiger partial charge in [-0.15, -0.1) is 0 Å². The first-order valence-corrected chi connectivity index (χ1v) is 6.71. The molecular formula is C12H23BN2O. The molecule has 1 saturated carbocycles. The van der Waals surface area contributed by atoms with Crippen LogP contribution in [0.1, 0.15) is 38.5 Å². The van der Waals surface area contributed by atoms with Crippen molar-refractivity contribution in [3.63, 3.8) is 0 Å². The number of hydrogen-bond acceptors (Lipinski definition) is 3. The van der Waals surface area contributed by atoms with E-state index in [1.54, 1.807) is 0 Å². The van der Waals surface area contributed by atoms with Crippen LogP contribution < -0.4 is 5.32 Å². The molecule has 0 bridgehead atoms. The van der Waals surface area contributed by atoms with Crippen LogP contribution in [-0.4, -0.2) is 44.7 Å². The minimum absolute atomic E-state index is 0.486. The van der Waals surface area contributed by atoms with Crippen molar-refractivity contribution in [1.82, 2.24) is 10.2 Å². The van der Waals surface area contributed by atoms with Crippen LogP contribution in [0.15, 0.2) is 0 Å². The van der Waals surface area contributed by atoms with Gasteiger partial charge in [-0.25, -0.2) is 0 Å². The molecule has 0 atom stereocenters. The summed E-state index contributed by atoms with van der Waals surface area (Å²) in [7, 11) is 0.966. The summed E-state index contributed by atoms with van der Waals surface area (Å²) in [6, 6.07) is 0. The molecule has 1 N–H and O–H groups in total. The summed E-state index contributed by atoms with van der Waals surface area (Å²) in [6.45, 7) is 4.85. The third-order valence-electron chi connectivity index (χ3n) is 4.15. The van der Waals surface area contributed by atoms with Gasteiger partial charge < -0.3 is 0 Å². The summed E-state index contributed by atoms with van der Waals surface area (Å²) in [6.07, 6.45) is 8.73. The maximum absolute atomic E-state index is 10.3. The van der Waals surface area contributed by atoms with E-state index in [1.807, 2.05) is 0 Å². The number of piperidine rings is 1. The van der Waals surface area contributed by atoms with Crippen LogP contribution in [0.25, 0.3) is 0 Å². The van der Waals surface area contributed by atoms with Gasteiger partial charge in [-0.05, 0) is 0 Å². The van der Waals surface area contributed by atoms with E-state index in [0.717, 1.165) is 13.7 Å². The van der Waals surface area contributed by atoms with E-state index in [2.05, 4.69) is 10.2 Å². The Balaban J connectivity index is 1.76. The molecule has 2 aliphatic rings. The third-order valence-corrected chi connectivity index (χ3v) is 4.15. The summed E-state index contributed by atoms with van der Waals surface area (Å²) < 4.78 is 10.3. The Kier molecular flexibility index (Phi) is 4.53. The van der Waals surface area contributed by atoms with Gasteiger partial charge in [0.25, 0.3) is 0 Å². The molecule has 1 saturated heterocycles. The van der Waals surface area contributed by atoms with Gasteiger partial charge in [0.1, 0.15) is 0 Å². The summed E-state index contributed by atoms with van der Waals surface area (Å²) >= 11 is 0. The van der Waals surface area contributed by atoms with Crippen molar-refractivity contribution in [2.24, 2.45) is 5.41 Å². The summed E-state index contributed by atoms with van der Waals surface area (Å²) in [5, 5.41) is 3.27. The molecule has 2 rings (SSSR count). The zero-order chi connectivity index (χ0) is 11.3. The van der Waals surface area contributed by atoms with Crippen molar-refractivity contribution in [1.29, 1.82) is 0 Å².